The van der Waals surface area contributed by atoms with E-state index >= 15 is 0 Å². The van der Waals surface area contributed by atoms with Gasteiger partial charge in [0.15, 0.2) is 6.61 Å². The Morgan fingerprint density at radius 3 is 1.53 bits per heavy atom. The Morgan fingerprint density at radius 1 is 1.13 bits per heavy atom. The van der Waals surface area contributed by atoms with Crippen molar-refractivity contribution >= 4 is 18.4 Å². The summed E-state index contributed by atoms with van der Waals surface area (Å²) in [6.45, 7) is 5.39. The molecule has 0 aromatic heterocycles. The number of carbonyl (C=O) groups excluding carboxylic acids is 1. The molecule has 15 heavy (non-hydrogen) atoms. The van der Waals surface area contributed by atoms with Crippen LogP contribution in [0.3, 0.4) is 0 Å². The minimum Gasteiger partial charge on any atom is -0.481 e. The van der Waals surface area contributed by atoms with Crippen LogP contribution in [-0.2, 0) is 19.1 Å². The van der Waals surface area contributed by atoms with Crippen molar-refractivity contribution in [2.45, 2.75) is 33.6 Å². The van der Waals surface area contributed by atoms with E-state index in [-0.39, 0.29) is 12.9 Å². The molecule has 0 fully saturated rings. The van der Waals surface area contributed by atoms with Crippen molar-refractivity contribution in [3.05, 3.63) is 0 Å². The zero-order valence-corrected chi connectivity index (χ0v) is 9.23. The fraction of sp³-hybridized carbons (Fsp3) is 0.667. The van der Waals surface area contributed by atoms with Crippen molar-refractivity contribution in [2.75, 3.05) is 6.61 Å². The van der Waals surface area contributed by atoms with Crippen LogP contribution in [0.25, 0.3) is 0 Å². The van der Waals surface area contributed by atoms with E-state index in [9.17, 15) is 14.4 Å². The van der Waals surface area contributed by atoms with Gasteiger partial charge in [0.2, 0.25) is 0 Å². The molecular weight excluding hydrogens is 204 g/mol. The number of hydrogen-bond donors (Lipinski definition) is 2. The van der Waals surface area contributed by atoms with Crippen LogP contribution < -0.4 is 0 Å². The number of rotatable bonds is 4. The van der Waals surface area contributed by atoms with Crippen LogP contribution in [0.1, 0.15) is 33.6 Å². The fourth-order valence-corrected chi connectivity index (χ4v) is 0.105. The Balaban J connectivity index is -0.000000158. The van der Waals surface area contributed by atoms with Crippen molar-refractivity contribution in [2.24, 2.45) is 0 Å². The standard InChI is InChI=1S/C3H4O4.C3H6O2.C3H8/c4-2-7-1-3(5)6;1-2-3(4)5;1-3-2/h2H,1H2,(H,5,6);2H2,1H3,(H,4,5);3H2,1-2H3. The Kier molecular flexibility index (Phi) is 23.2. The van der Waals surface area contributed by atoms with Gasteiger partial charge in [-0.05, 0) is 0 Å². The first-order valence-corrected chi connectivity index (χ1v) is 4.44. The number of hydrogen-bond acceptors (Lipinski definition) is 4. The number of carbonyl (C=O) groups is 3. The molecule has 0 unspecified atom stereocenters. The molecule has 0 aromatic rings. The molecule has 0 saturated heterocycles. The molecule has 6 nitrogen and oxygen atoms in total. The average Bonchev–Trinajstić information content (AvgIpc) is 2.16. The quantitative estimate of drug-likeness (QED) is 0.692. The number of carboxylic acid groups (broad SMARTS) is 2. The van der Waals surface area contributed by atoms with Gasteiger partial charge >= 0.3 is 11.9 Å². The van der Waals surface area contributed by atoms with Gasteiger partial charge in [0, 0.05) is 6.42 Å². The van der Waals surface area contributed by atoms with Crippen molar-refractivity contribution in [1.29, 1.82) is 0 Å². The van der Waals surface area contributed by atoms with Crippen LogP contribution in [0.15, 0.2) is 0 Å². The van der Waals surface area contributed by atoms with Crippen molar-refractivity contribution in [3.63, 3.8) is 0 Å². The Labute approximate surface area is 88.9 Å². The molecular formula is C9H18O6. The Hall–Kier alpha value is -1.59. The SMILES string of the molecule is CCC.CCC(=O)O.O=COCC(=O)O. The summed E-state index contributed by atoms with van der Waals surface area (Å²) in [6, 6.07) is 0. The highest BCUT2D eigenvalue weighted by Crippen LogP contribution is 1.67. The van der Waals surface area contributed by atoms with Gasteiger partial charge in [-0.3, -0.25) is 9.59 Å². The van der Waals surface area contributed by atoms with Gasteiger partial charge < -0.3 is 14.9 Å². The minimum absolute atomic E-state index is 0.0914. The first-order chi connectivity index (χ1) is 6.95. The maximum absolute atomic E-state index is 9.47. The second kappa shape index (κ2) is 18.2. The molecule has 0 atom stereocenters. The van der Waals surface area contributed by atoms with Crippen LogP contribution >= 0.6 is 0 Å². The summed E-state index contributed by atoms with van der Waals surface area (Å²) in [5, 5.41) is 15.5. The number of carboxylic acids is 2. The number of aliphatic carboxylic acids is 2. The van der Waals surface area contributed by atoms with E-state index in [2.05, 4.69) is 18.6 Å². The third-order valence-corrected chi connectivity index (χ3v) is 0.577. The third-order valence-electron chi connectivity index (χ3n) is 0.577. The Morgan fingerprint density at radius 2 is 1.47 bits per heavy atom. The highest BCUT2D eigenvalue weighted by atomic mass is 16.5. The van der Waals surface area contributed by atoms with E-state index in [0.717, 1.165) is 0 Å². The van der Waals surface area contributed by atoms with Gasteiger partial charge in [-0.2, -0.15) is 0 Å². The van der Waals surface area contributed by atoms with Gasteiger partial charge in [-0.25, -0.2) is 4.79 Å². The summed E-state index contributed by atoms with van der Waals surface area (Å²) in [6.07, 6.45) is 1.47. The Bertz CT molecular complexity index is 166. The van der Waals surface area contributed by atoms with Crippen LogP contribution in [0.2, 0.25) is 0 Å². The molecule has 0 bridgehead atoms. The van der Waals surface area contributed by atoms with E-state index in [4.69, 9.17) is 10.2 Å². The molecule has 2 N–H and O–H groups in total. The lowest BCUT2D eigenvalue weighted by Gasteiger charge is -1.85. The summed E-state index contributed by atoms with van der Waals surface area (Å²) in [7, 11) is 0. The molecule has 0 aromatic carbocycles. The zero-order valence-electron chi connectivity index (χ0n) is 9.23. The second-order valence-corrected chi connectivity index (χ2v) is 2.26. The summed E-state index contributed by atoms with van der Waals surface area (Å²) in [5.41, 5.74) is 0. The molecule has 6 heteroatoms. The van der Waals surface area contributed by atoms with Gasteiger partial charge in [0.25, 0.3) is 6.47 Å². The van der Waals surface area contributed by atoms with Gasteiger partial charge in [-0.15, -0.1) is 0 Å². The summed E-state index contributed by atoms with van der Waals surface area (Å²) < 4.78 is 3.81. The largest absolute Gasteiger partial charge is 0.481 e. The van der Waals surface area contributed by atoms with E-state index in [1.807, 2.05) is 0 Å². The van der Waals surface area contributed by atoms with Gasteiger partial charge in [0.1, 0.15) is 0 Å². The maximum atomic E-state index is 9.47. The van der Waals surface area contributed by atoms with E-state index in [0.29, 0.717) is 0 Å². The van der Waals surface area contributed by atoms with Crippen LogP contribution in [0.4, 0.5) is 0 Å². The molecule has 0 radical (unpaired) electrons. The second-order valence-electron chi connectivity index (χ2n) is 2.26. The molecule has 0 saturated carbocycles. The van der Waals surface area contributed by atoms with Crippen molar-refractivity contribution < 1.29 is 29.3 Å². The van der Waals surface area contributed by atoms with Gasteiger partial charge in [-0.1, -0.05) is 27.2 Å². The number of ether oxygens (including phenoxy) is 1. The van der Waals surface area contributed by atoms with Crippen LogP contribution in [-0.4, -0.2) is 35.2 Å². The molecule has 0 aliphatic rings. The van der Waals surface area contributed by atoms with Crippen LogP contribution in [0, 0.1) is 0 Å². The third kappa shape index (κ3) is 69.2. The molecule has 0 heterocycles. The van der Waals surface area contributed by atoms with E-state index < -0.39 is 18.5 Å². The highest BCUT2D eigenvalue weighted by Gasteiger charge is 1.90. The first kappa shape index (κ1) is 19.1. The molecule has 0 amide bonds. The summed E-state index contributed by atoms with van der Waals surface area (Å²) >= 11 is 0. The first-order valence-electron chi connectivity index (χ1n) is 4.44. The van der Waals surface area contributed by atoms with Gasteiger partial charge in [0.05, 0.1) is 0 Å². The monoisotopic (exact) mass is 222 g/mol. The normalized spacial score (nSPS) is 7.13. The summed E-state index contributed by atoms with van der Waals surface area (Å²) in [4.78, 5) is 28.1. The fourth-order valence-electron chi connectivity index (χ4n) is 0.105. The summed E-state index contributed by atoms with van der Waals surface area (Å²) in [5.74, 6) is -1.89. The molecule has 90 valence electrons. The van der Waals surface area contributed by atoms with E-state index in [1.165, 1.54) is 6.42 Å². The molecule has 0 spiro atoms. The molecule has 0 aliphatic heterocycles. The predicted molar refractivity (Wildman–Crippen MR) is 53.5 cm³/mol. The lowest BCUT2D eigenvalue weighted by atomic mass is 10.5. The molecule has 0 aliphatic carbocycles. The minimum atomic E-state index is -1.15. The maximum Gasteiger partial charge on any atom is 0.341 e. The van der Waals surface area contributed by atoms with Crippen LogP contribution in [0.5, 0.6) is 0 Å². The van der Waals surface area contributed by atoms with Crippen molar-refractivity contribution in [1.82, 2.24) is 0 Å². The lowest BCUT2D eigenvalue weighted by Crippen LogP contribution is -2.04. The van der Waals surface area contributed by atoms with Crippen molar-refractivity contribution in [3.8, 4) is 0 Å². The van der Waals surface area contributed by atoms with E-state index in [1.54, 1.807) is 6.92 Å². The smallest absolute Gasteiger partial charge is 0.341 e. The topological polar surface area (TPSA) is 101 Å². The zero-order chi connectivity index (χ0) is 12.7. The predicted octanol–water partition coefficient (Wildman–Crippen LogP) is 1.14. The lowest BCUT2D eigenvalue weighted by molar-refractivity contribution is -0.147. The highest BCUT2D eigenvalue weighted by molar-refractivity contribution is 5.69. The molecule has 0 rings (SSSR count). The average molecular weight is 222 g/mol.